The highest BCUT2D eigenvalue weighted by Gasteiger charge is 2.43. The van der Waals surface area contributed by atoms with Crippen molar-refractivity contribution in [1.82, 2.24) is 0 Å². The molecule has 0 bridgehead atoms. The SMILES string of the molecule is CC(C)CC1(F)COP(=O)(F)OC1. The van der Waals surface area contributed by atoms with Crippen LogP contribution < -0.4 is 0 Å². The van der Waals surface area contributed by atoms with E-state index in [4.69, 9.17) is 0 Å². The molecule has 0 N–H and O–H groups in total. The molecule has 3 nitrogen and oxygen atoms in total. The summed E-state index contributed by atoms with van der Waals surface area (Å²) in [4.78, 5) is 0. The minimum Gasteiger partial charge on any atom is -0.280 e. The molecule has 0 spiro atoms. The van der Waals surface area contributed by atoms with Crippen LogP contribution in [0.1, 0.15) is 20.3 Å². The van der Waals surface area contributed by atoms with Gasteiger partial charge in [-0.25, -0.2) is 8.96 Å². The summed E-state index contributed by atoms with van der Waals surface area (Å²) < 4.78 is 45.0. The predicted octanol–water partition coefficient (Wildman–Crippen LogP) is 2.87. The molecule has 1 aliphatic rings. The molecule has 1 aliphatic heterocycles. The molecule has 1 fully saturated rings. The number of alkyl halides is 1. The lowest BCUT2D eigenvalue weighted by Crippen LogP contribution is -2.38. The molecule has 0 atom stereocenters. The Balaban J connectivity index is 2.51. The monoisotopic (exact) mass is 214 g/mol. The number of hydrogen-bond acceptors (Lipinski definition) is 3. The van der Waals surface area contributed by atoms with E-state index in [-0.39, 0.29) is 12.3 Å². The Morgan fingerprint density at radius 1 is 1.46 bits per heavy atom. The summed E-state index contributed by atoms with van der Waals surface area (Å²) >= 11 is 0. The van der Waals surface area contributed by atoms with Crippen LogP contribution >= 0.6 is 7.91 Å². The van der Waals surface area contributed by atoms with Gasteiger partial charge in [0.25, 0.3) is 0 Å². The lowest BCUT2D eigenvalue weighted by Gasteiger charge is -2.31. The normalized spacial score (nSPS) is 41.0. The Hall–Kier alpha value is 0.01000. The van der Waals surface area contributed by atoms with Crippen LogP contribution in [0.15, 0.2) is 0 Å². The molecule has 0 aromatic rings. The molecule has 0 saturated carbocycles. The van der Waals surface area contributed by atoms with Crippen LogP contribution in [0.3, 0.4) is 0 Å². The van der Waals surface area contributed by atoms with Crippen molar-refractivity contribution >= 4 is 7.91 Å². The summed E-state index contributed by atoms with van der Waals surface area (Å²) in [6, 6.07) is 0. The second-order valence-corrected chi connectivity index (χ2v) is 5.10. The lowest BCUT2D eigenvalue weighted by molar-refractivity contribution is -0.0341. The van der Waals surface area contributed by atoms with Gasteiger partial charge >= 0.3 is 7.91 Å². The minimum atomic E-state index is -4.45. The summed E-state index contributed by atoms with van der Waals surface area (Å²) in [5.41, 5.74) is -1.70. The van der Waals surface area contributed by atoms with Crippen molar-refractivity contribution in [1.29, 1.82) is 0 Å². The fraction of sp³-hybridized carbons (Fsp3) is 1.00. The van der Waals surface area contributed by atoms with Gasteiger partial charge in [0, 0.05) is 0 Å². The van der Waals surface area contributed by atoms with E-state index in [9.17, 15) is 13.2 Å². The fourth-order valence-electron chi connectivity index (χ4n) is 1.31. The van der Waals surface area contributed by atoms with Crippen molar-refractivity contribution in [3.63, 3.8) is 0 Å². The van der Waals surface area contributed by atoms with Crippen LogP contribution in [0.5, 0.6) is 0 Å². The molecular weight excluding hydrogens is 201 g/mol. The first kappa shape index (κ1) is 11.1. The van der Waals surface area contributed by atoms with Crippen LogP contribution in [0, 0.1) is 5.92 Å². The second-order valence-electron chi connectivity index (χ2n) is 3.73. The topological polar surface area (TPSA) is 35.5 Å². The minimum absolute atomic E-state index is 0.120. The van der Waals surface area contributed by atoms with Crippen molar-refractivity contribution < 1.29 is 22.2 Å². The van der Waals surface area contributed by atoms with Crippen molar-refractivity contribution in [2.24, 2.45) is 5.92 Å². The van der Waals surface area contributed by atoms with Crippen molar-refractivity contribution in [3.05, 3.63) is 0 Å². The molecule has 78 valence electrons. The zero-order valence-corrected chi connectivity index (χ0v) is 8.52. The second kappa shape index (κ2) is 3.64. The van der Waals surface area contributed by atoms with E-state index in [1.807, 2.05) is 13.8 Å². The van der Waals surface area contributed by atoms with Gasteiger partial charge in [0.1, 0.15) is 0 Å². The van der Waals surface area contributed by atoms with E-state index in [2.05, 4.69) is 9.05 Å². The molecule has 1 heterocycles. The number of rotatable bonds is 2. The smallest absolute Gasteiger partial charge is 0.280 e. The van der Waals surface area contributed by atoms with E-state index in [1.165, 1.54) is 0 Å². The molecule has 1 saturated heterocycles. The van der Waals surface area contributed by atoms with Crippen molar-refractivity contribution in [3.8, 4) is 0 Å². The van der Waals surface area contributed by atoms with Crippen LogP contribution in [-0.4, -0.2) is 18.9 Å². The van der Waals surface area contributed by atoms with Gasteiger partial charge in [0.05, 0.1) is 13.2 Å². The predicted molar refractivity (Wildman–Crippen MR) is 43.9 cm³/mol. The molecule has 0 unspecified atom stereocenters. The highest BCUT2D eigenvalue weighted by molar-refractivity contribution is 7.48. The molecule has 6 heteroatoms. The molecule has 0 radical (unpaired) electrons. The average molecular weight is 214 g/mol. The Labute approximate surface area is 76.1 Å². The van der Waals surface area contributed by atoms with Gasteiger partial charge in [-0.1, -0.05) is 13.8 Å². The molecular formula is C7H13F2O3P. The molecule has 0 aliphatic carbocycles. The summed E-state index contributed by atoms with van der Waals surface area (Å²) in [5.74, 6) is 0.120. The van der Waals surface area contributed by atoms with Crippen LogP contribution in [0.2, 0.25) is 0 Å². The van der Waals surface area contributed by atoms with E-state index in [1.54, 1.807) is 0 Å². The third kappa shape index (κ3) is 3.33. The lowest BCUT2D eigenvalue weighted by atomic mass is 9.96. The zero-order chi connectivity index (χ0) is 10.1. The first-order valence-corrected chi connectivity index (χ1v) is 5.54. The average Bonchev–Trinajstić information content (AvgIpc) is 1.95. The maximum atomic E-state index is 13.6. The maximum Gasteiger partial charge on any atom is 0.513 e. The van der Waals surface area contributed by atoms with E-state index < -0.39 is 26.8 Å². The third-order valence-corrected chi connectivity index (χ3v) is 2.60. The van der Waals surface area contributed by atoms with Crippen LogP contribution in [-0.2, 0) is 13.6 Å². The Kier molecular flexibility index (Phi) is 3.10. The standard InChI is InChI=1S/C7H13F2O3P/c1-6(2)3-7(8)4-11-13(9,10)12-5-7/h6H,3-5H2,1-2H3. The largest absolute Gasteiger partial charge is 0.513 e. The van der Waals surface area contributed by atoms with Crippen LogP contribution in [0.25, 0.3) is 0 Å². The van der Waals surface area contributed by atoms with Gasteiger partial charge in [0.15, 0.2) is 5.67 Å². The van der Waals surface area contributed by atoms with Crippen LogP contribution in [0.4, 0.5) is 8.59 Å². The summed E-state index contributed by atoms with van der Waals surface area (Å²) in [5, 5.41) is 0. The molecule has 13 heavy (non-hydrogen) atoms. The Bertz CT molecular complexity index is 220. The first-order valence-electron chi connectivity index (χ1n) is 4.11. The van der Waals surface area contributed by atoms with Gasteiger partial charge in [-0.05, 0) is 12.3 Å². The van der Waals surface area contributed by atoms with Gasteiger partial charge < -0.3 is 0 Å². The van der Waals surface area contributed by atoms with Gasteiger partial charge in [-0.3, -0.25) is 9.05 Å². The van der Waals surface area contributed by atoms with E-state index in [0.717, 1.165) is 0 Å². The van der Waals surface area contributed by atoms with Gasteiger partial charge in [-0.2, -0.15) is 0 Å². The van der Waals surface area contributed by atoms with Gasteiger partial charge in [-0.15, -0.1) is 4.20 Å². The molecule has 1 rings (SSSR count). The quantitative estimate of drug-likeness (QED) is 0.663. The Morgan fingerprint density at radius 2 is 1.92 bits per heavy atom. The highest BCUT2D eigenvalue weighted by Crippen LogP contribution is 2.54. The summed E-state index contributed by atoms with van der Waals surface area (Å²) in [6.07, 6.45) is 0.215. The fourth-order valence-corrected chi connectivity index (χ4v) is 2.16. The first-order chi connectivity index (χ1) is 5.83. The molecule has 0 amide bonds. The highest BCUT2D eigenvalue weighted by atomic mass is 31.2. The maximum absolute atomic E-state index is 13.6. The number of halogens is 2. The van der Waals surface area contributed by atoms with Crippen molar-refractivity contribution in [2.75, 3.05) is 13.2 Å². The number of hydrogen-bond donors (Lipinski definition) is 0. The third-order valence-electron chi connectivity index (χ3n) is 1.73. The van der Waals surface area contributed by atoms with Gasteiger partial charge in [0.2, 0.25) is 0 Å². The van der Waals surface area contributed by atoms with E-state index >= 15 is 0 Å². The summed E-state index contributed by atoms with van der Waals surface area (Å²) in [7, 11) is -4.45. The van der Waals surface area contributed by atoms with Crippen molar-refractivity contribution in [2.45, 2.75) is 25.9 Å². The zero-order valence-electron chi connectivity index (χ0n) is 7.63. The van der Waals surface area contributed by atoms with E-state index in [0.29, 0.717) is 0 Å². The molecule has 0 aromatic carbocycles. The Morgan fingerprint density at radius 3 is 2.31 bits per heavy atom. The molecule has 0 aromatic heterocycles. The summed E-state index contributed by atoms with van der Waals surface area (Å²) in [6.45, 7) is 2.70.